The van der Waals surface area contributed by atoms with Crippen LogP contribution in [-0.2, 0) is 0 Å². The molecule has 6 heteroatoms. The predicted octanol–water partition coefficient (Wildman–Crippen LogP) is 3.15. The van der Waals surface area contributed by atoms with Crippen molar-refractivity contribution in [1.82, 2.24) is 0 Å². The molecule has 0 amide bonds. The van der Waals surface area contributed by atoms with Crippen LogP contribution in [0.3, 0.4) is 0 Å². The Morgan fingerprint density at radius 2 is 2.06 bits per heavy atom. The Hall–Kier alpha value is -1.43. The summed E-state index contributed by atoms with van der Waals surface area (Å²) in [6, 6.07) is 3.73. The second-order valence-electron chi connectivity index (χ2n) is 4.92. The zero-order valence-corrected chi connectivity index (χ0v) is 10.0. The van der Waals surface area contributed by atoms with Crippen LogP contribution < -0.4 is 15.2 Å². The number of nitrogens with two attached hydrogens (primary N) is 1. The van der Waals surface area contributed by atoms with E-state index in [1.807, 2.05) is 13.8 Å². The molecule has 1 heterocycles. The molecule has 2 rings (SSSR count). The minimum atomic E-state index is -4.71. The predicted molar refractivity (Wildman–Crippen MR) is 59.4 cm³/mol. The number of hydrogen-bond donors (Lipinski definition) is 1. The van der Waals surface area contributed by atoms with E-state index in [9.17, 15) is 13.2 Å². The number of ether oxygens (including phenoxy) is 2. The van der Waals surface area contributed by atoms with Crippen molar-refractivity contribution < 1.29 is 22.6 Å². The molecule has 18 heavy (non-hydrogen) atoms. The van der Waals surface area contributed by atoms with Crippen molar-refractivity contribution >= 4 is 0 Å². The van der Waals surface area contributed by atoms with Gasteiger partial charge in [-0.1, -0.05) is 6.07 Å². The molecule has 0 radical (unpaired) electrons. The first-order valence-corrected chi connectivity index (χ1v) is 5.51. The third-order valence-corrected chi connectivity index (χ3v) is 2.72. The van der Waals surface area contributed by atoms with E-state index in [1.54, 1.807) is 0 Å². The standard InChI is InChI=1S/C12H14F3NO2/c1-11(2)6-9(16)8-4-3-7(5-10(8)18-11)17-12(13,14)15/h3-5,9H,6,16H2,1-2H3/t9-/m0/s1. The topological polar surface area (TPSA) is 44.5 Å². The first kappa shape index (κ1) is 13.0. The van der Waals surface area contributed by atoms with Crippen LogP contribution in [0, 0.1) is 0 Å². The van der Waals surface area contributed by atoms with Crippen LogP contribution in [-0.4, -0.2) is 12.0 Å². The van der Waals surface area contributed by atoms with Crippen molar-refractivity contribution in [2.24, 2.45) is 5.73 Å². The molecule has 0 bridgehead atoms. The molecule has 0 saturated heterocycles. The van der Waals surface area contributed by atoms with Crippen LogP contribution in [0.25, 0.3) is 0 Å². The van der Waals surface area contributed by atoms with Crippen LogP contribution in [0.4, 0.5) is 13.2 Å². The lowest BCUT2D eigenvalue weighted by Gasteiger charge is -2.36. The molecule has 0 unspecified atom stereocenters. The van der Waals surface area contributed by atoms with Crippen LogP contribution in [0.15, 0.2) is 18.2 Å². The minimum absolute atomic E-state index is 0.247. The number of fused-ring (bicyclic) bond motifs is 1. The van der Waals surface area contributed by atoms with Crippen LogP contribution in [0.2, 0.25) is 0 Å². The fourth-order valence-electron chi connectivity index (χ4n) is 2.09. The van der Waals surface area contributed by atoms with Crippen molar-refractivity contribution in [3.8, 4) is 11.5 Å². The Balaban J connectivity index is 2.31. The van der Waals surface area contributed by atoms with Gasteiger partial charge in [0.2, 0.25) is 0 Å². The van der Waals surface area contributed by atoms with E-state index in [-0.39, 0.29) is 11.8 Å². The van der Waals surface area contributed by atoms with E-state index in [2.05, 4.69) is 4.74 Å². The van der Waals surface area contributed by atoms with Gasteiger partial charge in [-0.3, -0.25) is 0 Å². The molecule has 0 aromatic heterocycles. The van der Waals surface area contributed by atoms with Gasteiger partial charge in [0.25, 0.3) is 0 Å². The largest absolute Gasteiger partial charge is 0.573 e. The van der Waals surface area contributed by atoms with Gasteiger partial charge in [-0.25, -0.2) is 0 Å². The zero-order chi connectivity index (χ0) is 13.6. The van der Waals surface area contributed by atoms with Gasteiger partial charge in [0.1, 0.15) is 17.1 Å². The zero-order valence-electron chi connectivity index (χ0n) is 10.0. The Bertz CT molecular complexity index is 457. The molecule has 0 aliphatic carbocycles. The van der Waals surface area contributed by atoms with Crippen molar-refractivity contribution in [1.29, 1.82) is 0 Å². The van der Waals surface area contributed by atoms with Gasteiger partial charge in [0, 0.05) is 24.1 Å². The normalized spacial score (nSPS) is 22.0. The molecule has 1 aliphatic heterocycles. The molecule has 1 aromatic carbocycles. The molecular formula is C12H14F3NO2. The maximum Gasteiger partial charge on any atom is 0.573 e. The highest BCUT2D eigenvalue weighted by Gasteiger charge is 2.34. The van der Waals surface area contributed by atoms with Crippen molar-refractivity contribution in [3.63, 3.8) is 0 Å². The SMILES string of the molecule is CC1(C)C[C@H](N)c2ccc(OC(F)(F)F)cc2O1. The van der Waals surface area contributed by atoms with Crippen LogP contribution in [0.1, 0.15) is 31.9 Å². The number of rotatable bonds is 1. The highest BCUT2D eigenvalue weighted by Crippen LogP contribution is 2.40. The lowest BCUT2D eigenvalue weighted by molar-refractivity contribution is -0.274. The molecular weight excluding hydrogens is 247 g/mol. The average molecular weight is 261 g/mol. The van der Waals surface area contributed by atoms with Gasteiger partial charge < -0.3 is 15.2 Å². The lowest BCUT2D eigenvalue weighted by Crippen LogP contribution is -2.37. The number of alkyl halides is 3. The van der Waals surface area contributed by atoms with E-state index in [4.69, 9.17) is 10.5 Å². The van der Waals surface area contributed by atoms with Gasteiger partial charge in [0.15, 0.2) is 0 Å². The summed E-state index contributed by atoms with van der Waals surface area (Å²) in [6.45, 7) is 3.68. The quantitative estimate of drug-likeness (QED) is 0.844. The minimum Gasteiger partial charge on any atom is -0.487 e. The van der Waals surface area contributed by atoms with E-state index >= 15 is 0 Å². The fraction of sp³-hybridized carbons (Fsp3) is 0.500. The highest BCUT2D eigenvalue weighted by atomic mass is 19.4. The smallest absolute Gasteiger partial charge is 0.487 e. The summed E-state index contributed by atoms with van der Waals surface area (Å²) < 4.78 is 45.8. The Labute approximate surface area is 103 Å². The monoisotopic (exact) mass is 261 g/mol. The molecule has 3 nitrogen and oxygen atoms in total. The first-order chi connectivity index (χ1) is 8.16. The molecule has 1 atom stereocenters. The van der Waals surface area contributed by atoms with Gasteiger partial charge in [-0.05, 0) is 19.9 Å². The molecule has 100 valence electrons. The van der Waals surface area contributed by atoms with Crippen LogP contribution >= 0.6 is 0 Å². The fourth-order valence-corrected chi connectivity index (χ4v) is 2.09. The summed E-state index contributed by atoms with van der Waals surface area (Å²) in [5.74, 6) is 0.0478. The molecule has 2 N–H and O–H groups in total. The average Bonchev–Trinajstić information content (AvgIpc) is 2.11. The number of hydrogen-bond acceptors (Lipinski definition) is 3. The molecule has 0 spiro atoms. The highest BCUT2D eigenvalue weighted by molar-refractivity contribution is 5.44. The van der Waals surface area contributed by atoms with Crippen molar-refractivity contribution in [2.45, 2.75) is 38.3 Å². The third-order valence-electron chi connectivity index (χ3n) is 2.72. The van der Waals surface area contributed by atoms with E-state index in [1.165, 1.54) is 18.2 Å². The molecule has 0 saturated carbocycles. The third kappa shape index (κ3) is 2.87. The molecule has 1 aromatic rings. The van der Waals surface area contributed by atoms with Gasteiger partial charge in [-0.2, -0.15) is 0 Å². The number of benzene rings is 1. The van der Waals surface area contributed by atoms with Gasteiger partial charge >= 0.3 is 6.36 Å². The summed E-state index contributed by atoms with van der Waals surface area (Å²) in [4.78, 5) is 0. The summed E-state index contributed by atoms with van der Waals surface area (Å²) in [7, 11) is 0. The second-order valence-corrected chi connectivity index (χ2v) is 4.92. The summed E-state index contributed by atoms with van der Waals surface area (Å²) in [5, 5.41) is 0. The summed E-state index contributed by atoms with van der Waals surface area (Å²) in [5.41, 5.74) is 6.16. The van der Waals surface area contributed by atoms with Gasteiger partial charge in [0.05, 0.1) is 0 Å². The van der Waals surface area contributed by atoms with E-state index in [0.717, 1.165) is 0 Å². The summed E-state index contributed by atoms with van der Waals surface area (Å²) >= 11 is 0. The van der Waals surface area contributed by atoms with E-state index < -0.39 is 12.0 Å². The maximum absolute atomic E-state index is 12.1. The van der Waals surface area contributed by atoms with E-state index in [0.29, 0.717) is 17.7 Å². The molecule has 0 fully saturated rings. The van der Waals surface area contributed by atoms with Gasteiger partial charge in [-0.15, -0.1) is 13.2 Å². The second kappa shape index (κ2) is 4.05. The Morgan fingerprint density at radius 3 is 2.67 bits per heavy atom. The maximum atomic E-state index is 12.1. The first-order valence-electron chi connectivity index (χ1n) is 5.51. The Kier molecular flexibility index (Phi) is 2.93. The van der Waals surface area contributed by atoms with Crippen LogP contribution in [0.5, 0.6) is 11.5 Å². The number of halogens is 3. The lowest BCUT2D eigenvalue weighted by atomic mass is 9.90. The Morgan fingerprint density at radius 1 is 1.39 bits per heavy atom. The molecule has 1 aliphatic rings. The van der Waals surface area contributed by atoms with Crippen molar-refractivity contribution in [3.05, 3.63) is 23.8 Å². The summed E-state index contributed by atoms with van der Waals surface area (Å²) in [6.07, 6.45) is -4.10. The van der Waals surface area contributed by atoms with Crippen molar-refractivity contribution in [2.75, 3.05) is 0 Å².